The Morgan fingerprint density at radius 2 is 0.750 bits per heavy atom. The lowest BCUT2D eigenvalue weighted by Gasteiger charge is -2.28. The molecule has 10 heteroatoms. The Bertz CT molecular complexity index is 1580. The highest BCUT2D eigenvalue weighted by atomic mass is 31.2. The summed E-state index contributed by atoms with van der Waals surface area (Å²) in [7, 11) is 1.15. The largest absolute Gasteiger partial charge is 0.756 e. The van der Waals surface area contributed by atoms with Gasteiger partial charge in [0.1, 0.15) is 19.8 Å². The van der Waals surface area contributed by atoms with E-state index in [1.807, 2.05) is 21.1 Å². The van der Waals surface area contributed by atoms with E-state index < -0.39 is 32.5 Å². The summed E-state index contributed by atoms with van der Waals surface area (Å²) in [5, 5.41) is 0. The highest BCUT2D eigenvalue weighted by molar-refractivity contribution is 7.45. The Morgan fingerprint density at radius 3 is 1.11 bits per heavy atom. The third kappa shape index (κ3) is 56.0. The molecule has 0 radical (unpaired) electrons. The number of nitrogens with zero attached hydrogens (tertiary/aromatic N) is 1. The summed E-state index contributed by atoms with van der Waals surface area (Å²) in [6.07, 6.45) is 72.6. The third-order valence-corrected chi connectivity index (χ3v) is 12.8. The highest BCUT2D eigenvalue weighted by Gasteiger charge is 2.21. The standard InChI is InChI=1S/C62H106NO8P/c1-6-8-10-12-14-16-18-20-22-24-26-28-30-31-33-35-37-39-41-43-45-47-49-51-53-55-62(65)71-60(59-70-72(66,67)69-57-56-63(3,4)5)58-68-61(64)54-52-50-48-46-44-42-40-38-36-34-32-29-27-25-23-21-19-17-15-13-11-9-7-2/h8-11,14-17,20-23,26-29,31,33,60H,6-7,12-13,18-19,24-25,30,32,34-59H2,1-5H3/b10-8-,11-9-,16-14-,17-15-,22-20-,23-21-,28-26-,29-27-,33-31-. The van der Waals surface area contributed by atoms with Crippen molar-refractivity contribution in [3.05, 3.63) is 109 Å². The smallest absolute Gasteiger partial charge is 0.306 e. The van der Waals surface area contributed by atoms with Crippen LogP contribution in [0.3, 0.4) is 0 Å². The monoisotopic (exact) mass is 1020 g/mol. The lowest BCUT2D eigenvalue weighted by Crippen LogP contribution is -2.37. The maximum atomic E-state index is 12.8. The quantitative estimate of drug-likeness (QED) is 0.0195. The molecule has 0 aliphatic rings. The van der Waals surface area contributed by atoms with Crippen LogP contribution in [0.15, 0.2) is 109 Å². The fourth-order valence-corrected chi connectivity index (χ4v) is 8.17. The van der Waals surface area contributed by atoms with Gasteiger partial charge in [0.2, 0.25) is 0 Å². The van der Waals surface area contributed by atoms with Gasteiger partial charge in [-0.2, -0.15) is 0 Å². The average molecular weight is 1020 g/mol. The molecule has 0 aliphatic heterocycles. The van der Waals surface area contributed by atoms with E-state index in [1.54, 1.807) is 0 Å². The molecule has 0 bridgehead atoms. The Morgan fingerprint density at radius 1 is 0.431 bits per heavy atom. The van der Waals surface area contributed by atoms with E-state index in [0.29, 0.717) is 17.4 Å². The lowest BCUT2D eigenvalue weighted by molar-refractivity contribution is -0.870. The summed E-state index contributed by atoms with van der Waals surface area (Å²) in [5.74, 6) is -0.850. The van der Waals surface area contributed by atoms with Gasteiger partial charge in [-0.25, -0.2) is 0 Å². The second kappa shape index (κ2) is 52.5. The van der Waals surface area contributed by atoms with Crippen molar-refractivity contribution < 1.29 is 42.1 Å². The number of phosphoric ester groups is 1. The van der Waals surface area contributed by atoms with Crippen LogP contribution in [-0.4, -0.2) is 70.0 Å². The van der Waals surface area contributed by atoms with Crippen molar-refractivity contribution in [1.29, 1.82) is 0 Å². The van der Waals surface area contributed by atoms with Crippen LogP contribution < -0.4 is 4.89 Å². The van der Waals surface area contributed by atoms with E-state index in [2.05, 4.69) is 123 Å². The van der Waals surface area contributed by atoms with Gasteiger partial charge in [0, 0.05) is 12.8 Å². The first-order valence-electron chi connectivity index (χ1n) is 28.6. The zero-order valence-corrected chi connectivity index (χ0v) is 47.5. The molecule has 0 aliphatic carbocycles. The first kappa shape index (κ1) is 68.7. The molecule has 2 unspecified atom stereocenters. The van der Waals surface area contributed by atoms with Crippen molar-refractivity contribution in [1.82, 2.24) is 0 Å². The van der Waals surface area contributed by atoms with E-state index in [4.69, 9.17) is 18.5 Å². The third-order valence-electron chi connectivity index (χ3n) is 11.8. The van der Waals surface area contributed by atoms with E-state index >= 15 is 0 Å². The summed E-state index contributed by atoms with van der Waals surface area (Å²) >= 11 is 0. The van der Waals surface area contributed by atoms with E-state index in [9.17, 15) is 19.0 Å². The number of unbranched alkanes of at least 4 members (excludes halogenated alkanes) is 19. The molecule has 412 valence electrons. The van der Waals surface area contributed by atoms with E-state index in [-0.39, 0.29) is 26.1 Å². The maximum absolute atomic E-state index is 12.8. The number of phosphoric acid groups is 1. The summed E-state index contributed by atoms with van der Waals surface area (Å²) < 4.78 is 34.2. The fraction of sp³-hybridized carbons (Fsp3) is 0.677. The van der Waals surface area contributed by atoms with Crippen LogP contribution in [0.2, 0.25) is 0 Å². The maximum Gasteiger partial charge on any atom is 0.306 e. The molecule has 0 heterocycles. The molecule has 72 heavy (non-hydrogen) atoms. The first-order valence-corrected chi connectivity index (χ1v) is 30.1. The van der Waals surface area contributed by atoms with Gasteiger partial charge in [-0.1, -0.05) is 220 Å². The molecule has 9 nitrogen and oxygen atoms in total. The van der Waals surface area contributed by atoms with Gasteiger partial charge in [-0.05, 0) is 96.3 Å². The minimum atomic E-state index is -4.65. The van der Waals surface area contributed by atoms with Crippen LogP contribution in [0.1, 0.15) is 219 Å². The number of hydrogen-bond donors (Lipinski definition) is 0. The van der Waals surface area contributed by atoms with Crippen molar-refractivity contribution in [2.75, 3.05) is 47.5 Å². The highest BCUT2D eigenvalue weighted by Crippen LogP contribution is 2.38. The average Bonchev–Trinajstić information content (AvgIpc) is 3.34. The van der Waals surface area contributed by atoms with E-state index in [1.165, 1.54) is 70.6 Å². The molecule has 0 amide bonds. The van der Waals surface area contributed by atoms with Crippen LogP contribution in [0.25, 0.3) is 0 Å². The summed E-state index contributed by atoms with van der Waals surface area (Å²) in [6.45, 7) is 4.00. The van der Waals surface area contributed by atoms with Crippen LogP contribution in [0.5, 0.6) is 0 Å². The molecule has 0 aromatic heterocycles. The van der Waals surface area contributed by atoms with Crippen LogP contribution in [0.4, 0.5) is 0 Å². The second-order valence-corrected chi connectivity index (χ2v) is 21.3. The number of carbonyl (C=O) groups excluding carboxylic acids is 2. The Kier molecular flexibility index (Phi) is 50.1. The molecule has 0 spiro atoms. The van der Waals surface area contributed by atoms with Gasteiger partial charge < -0.3 is 27.9 Å². The number of hydrogen-bond acceptors (Lipinski definition) is 8. The number of quaternary nitrogens is 1. The topological polar surface area (TPSA) is 111 Å². The van der Waals surface area contributed by atoms with Crippen LogP contribution in [-0.2, 0) is 32.7 Å². The minimum Gasteiger partial charge on any atom is -0.756 e. The van der Waals surface area contributed by atoms with Crippen molar-refractivity contribution in [2.24, 2.45) is 0 Å². The minimum absolute atomic E-state index is 0.0384. The first-order chi connectivity index (χ1) is 35.0. The zero-order chi connectivity index (χ0) is 52.7. The van der Waals surface area contributed by atoms with Gasteiger partial charge in [0.15, 0.2) is 6.10 Å². The van der Waals surface area contributed by atoms with Gasteiger partial charge in [0.05, 0.1) is 27.7 Å². The molecule has 2 atom stereocenters. The Hall–Kier alpha value is -3.33. The molecule has 0 N–H and O–H groups in total. The van der Waals surface area contributed by atoms with Crippen molar-refractivity contribution in [2.45, 2.75) is 225 Å². The van der Waals surface area contributed by atoms with Gasteiger partial charge in [-0.15, -0.1) is 0 Å². The molecule has 0 fully saturated rings. The number of rotatable bonds is 51. The predicted molar refractivity (Wildman–Crippen MR) is 305 cm³/mol. The van der Waals surface area contributed by atoms with Crippen LogP contribution in [0, 0.1) is 0 Å². The molecule has 0 saturated carbocycles. The second-order valence-electron chi connectivity index (χ2n) is 19.9. The molecule has 0 rings (SSSR count). The van der Waals surface area contributed by atoms with Gasteiger partial charge in [0.25, 0.3) is 7.82 Å². The van der Waals surface area contributed by atoms with Gasteiger partial charge >= 0.3 is 11.9 Å². The van der Waals surface area contributed by atoms with Crippen molar-refractivity contribution >= 4 is 19.8 Å². The van der Waals surface area contributed by atoms with Crippen molar-refractivity contribution in [3.63, 3.8) is 0 Å². The van der Waals surface area contributed by atoms with Crippen LogP contribution >= 0.6 is 7.82 Å². The Balaban J connectivity index is 4.22. The fourth-order valence-electron chi connectivity index (χ4n) is 7.44. The normalized spacial score (nSPS) is 14.1. The predicted octanol–water partition coefficient (Wildman–Crippen LogP) is 17.2. The molecule has 0 saturated heterocycles. The van der Waals surface area contributed by atoms with E-state index in [0.717, 1.165) is 116 Å². The van der Waals surface area contributed by atoms with Crippen molar-refractivity contribution in [3.8, 4) is 0 Å². The SMILES string of the molecule is CC/C=C\C/C=C\C/C=C\C/C=C\C/C=C\CCCCCCCCCCCC(=O)OC(COC(=O)CCCCCCCCCCCC/C=C\C/C=C\C/C=C\C/C=C\CC)COP(=O)([O-])OCC[N+](C)(C)C. The summed E-state index contributed by atoms with van der Waals surface area (Å²) in [5.41, 5.74) is 0. The number of esters is 2. The molecule has 0 aromatic rings. The summed E-state index contributed by atoms with van der Waals surface area (Å²) in [4.78, 5) is 37.9. The zero-order valence-electron chi connectivity index (χ0n) is 46.6. The number of likely N-dealkylation sites (N-methyl/N-ethyl adjacent to an activating group) is 1. The Labute approximate surface area is 442 Å². The van der Waals surface area contributed by atoms with Gasteiger partial charge in [-0.3, -0.25) is 14.2 Å². The lowest BCUT2D eigenvalue weighted by atomic mass is 10.1. The number of carbonyl (C=O) groups is 2. The molecule has 0 aromatic carbocycles. The molecular formula is C62H106NO8P. The molecular weight excluding hydrogens is 918 g/mol. The number of ether oxygens (including phenoxy) is 2. The number of allylic oxidation sites excluding steroid dienone is 18. The summed E-state index contributed by atoms with van der Waals surface area (Å²) in [6, 6.07) is 0.